The summed E-state index contributed by atoms with van der Waals surface area (Å²) in [4.78, 5) is 8.43. The first-order chi connectivity index (χ1) is 9.70. The predicted octanol–water partition coefficient (Wildman–Crippen LogP) is 4.17. The Bertz CT molecular complexity index is 738. The van der Waals surface area contributed by atoms with Crippen LogP contribution in [0, 0.1) is 6.92 Å². The number of nitrogens with zero attached hydrogens (tertiary/aromatic N) is 2. The lowest BCUT2D eigenvalue weighted by atomic mass is 10.1. The molecule has 0 spiro atoms. The van der Waals surface area contributed by atoms with Gasteiger partial charge in [-0.2, -0.15) is 0 Å². The number of fused-ring (bicyclic) bond motifs is 1. The van der Waals surface area contributed by atoms with Gasteiger partial charge >= 0.3 is 0 Å². The summed E-state index contributed by atoms with van der Waals surface area (Å²) in [5.41, 5.74) is 0.835. The van der Waals surface area contributed by atoms with E-state index < -0.39 is 0 Å². The van der Waals surface area contributed by atoms with Crippen LogP contribution >= 0.6 is 11.6 Å². The molecule has 1 aromatic heterocycles. The lowest BCUT2D eigenvalue weighted by Crippen LogP contribution is -2.02. The van der Waals surface area contributed by atoms with Gasteiger partial charge in [-0.05, 0) is 35.9 Å². The van der Waals surface area contributed by atoms with E-state index in [9.17, 15) is 0 Å². The molecule has 3 nitrogen and oxygen atoms in total. The molecule has 0 atom stereocenters. The molecule has 4 heteroatoms. The first kappa shape index (κ1) is 12.9. The van der Waals surface area contributed by atoms with Crippen LogP contribution in [-0.4, -0.2) is 9.97 Å². The van der Waals surface area contributed by atoms with Crippen molar-refractivity contribution in [1.82, 2.24) is 9.97 Å². The zero-order valence-corrected chi connectivity index (χ0v) is 11.8. The molecule has 0 saturated heterocycles. The topological polar surface area (TPSA) is 35.0 Å². The Kier molecular flexibility index (Phi) is 3.52. The van der Waals surface area contributed by atoms with Crippen molar-refractivity contribution in [2.24, 2.45) is 0 Å². The minimum atomic E-state index is 0.305. The fourth-order valence-electron chi connectivity index (χ4n) is 2.06. The molecule has 0 amide bonds. The number of halogens is 1. The van der Waals surface area contributed by atoms with Crippen LogP contribution in [0.15, 0.2) is 48.5 Å². The van der Waals surface area contributed by atoms with Gasteiger partial charge in [0.25, 0.3) is 0 Å². The van der Waals surface area contributed by atoms with Crippen molar-refractivity contribution >= 4 is 22.4 Å². The largest absolute Gasteiger partial charge is 0.486 e. The van der Waals surface area contributed by atoms with Gasteiger partial charge in [-0.3, -0.25) is 0 Å². The minimum absolute atomic E-state index is 0.305. The van der Waals surface area contributed by atoms with Gasteiger partial charge in [0.05, 0.1) is 0 Å². The summed E-state index contributed by atoms with van der Waals surface area (Å²) < 4.78 is 5.73. The fraction of sp³-hybridized carbons (Fsp3) is 0.125. The highest BCUT2D eigenvalue weighted by molar-refractivity contribution is 6.29. The Hall–Kier alpha value is -2.13. The van der Waals surface area contributed by atoms with Crippen LogP contribution < -0.4 is 4.74 Å². The molecular weight excluding hydrogens is 272 g/mol. The zero-order valence-electron chi connectivity index (χ0n) is 11.0. The van der Waals surface area contributed by atoms with Crippen molar-refractivity contribution in [3.8, 4) is 5.75 Å². The summed E-state index contributed by atoms with van der Waals surface area (Å²) in [5, 5.41) is 2.78. The zero-order chi connectivity index (χ0) is 13.9. The molecule has 0 saturated carbocycles. The number of aryl methyl sites for hydroxylation is 1. The summed E-state index contributed by atoms with van der Waals surface area (Å²) in [6.45, 7) is 2.19. The molecule has 0 radical (unpaired) electrons. The number of hydrogen-bond acceptors (Lipinski definition) is 3. The SMILES string of the molecule is Cc1cc(Cl)nc(COc2ccc3ccccc3c2)n1. The highest BCUT2D eigenvalue weighted by atomic mass is 35.5. The summed E-state index contributed by atoms with van der Waals surface area (Å²) in [6, 6.07) is 15.9. The van der Waals surface area contributed by atoms with Gasteiger partial charge in [-0.1, -0.05) is 41.9 Å². The van der Waals surface area contributed by atoms with Crippen molar-refractivity contribution in [3.05, 3.63) is 65.2 Å². The van der Waals surface area contributed by atoms with E-state index in [2.05, 4.69) is 22.1 Å². The number of rotatable bonds is 3. The molecular formula is C16H13ClN2O. The Morgan fingerprint density at radius 2 is 1.80 bits per heavy atom. The van der Waals surface area contributed by atoms with E-state index in [0.29, 0.717) is 17.6 Å². The Balaban J connectivity index is 1.79. The van der Waals surface area contributed by atoms with E-state index in [1.807, 2.05) is 37.3 Å². The van der Waals surface area contributed by atoms with Crippen LogP contribution in [0.2, 0.25) is 5.15 Å². The average molecular weight is 285 g/mol. The Labute approximate surface area is 122 Å². The van der Waals surface area contributed by atoms with Crippen molar-refractivity contribution in [3.63, 3.8) is 0 Å². The average Bonchev–Trinajstić information content (AvgIpc) is 2.44. The van der Waals surface area contributed by atoms with E-state index >= 15 is 0 Å². The van der Waals surface area contributed by atoms with Crippen molar-refractivity contribution < 1.29 is 4.74 Å². The maximum absolute atomic E-state index is 5.90. The van der Waals surface area contributed by atoms with Crippen LogP contribution in [0.4, 0.5) is 0 Å². The van der Waals surface area contributed by atoms with E-state index in [-0.39, 0.29) is 0 Å². The molecule has 0 aliphatic heterocycles. The smallest absolute Gasteiger partial charge is 0.167 e. The van der Waals surface area contributed by atoms with Gasteiger partial charge < -0.3 is 4.74 Å². The van der Waals surface area contributed by atoms with Crippen LogP contribution in [-0.2, 0) is 6.61 Å². The van der Waals surface area contributed by atoms with Crippen LogP contribution in [0.3, 0.4) is 0 Å². The number of benzene rings is 2. The van der Waals surface area contributed by atoms with Gasteiger partial charge in [-0.25, -0.2) is 9.97 Å². The molecule has 0 unspecified atom stereocenters. The molecule has 2 aromatic carbocycles. The fourth-order valence-corrected chi connectivity index (χ4v) is 2.31. The molecule has 3 rings (SSSR count). The van der Waals surface area contributed by atoms with Crippen molar-refractivity contribution in [2.75, 3.05) is 0 Å². The maximum Gasteiger partial charge on any atom is 0.167 e. The van der Waals surface area contributed by atoms with E-state index in [1.54, 1.807) is 6.07 Å². The highest BCUT2D eigenvalue weighted by Crippen LogP contribution is 2.21. The quantitative estimate of drug-likeness (QED) is 0.677. The Morgan fingerprint density at radius 3 is 2.60 bits per heavy atom. The molecule has 0 fully saturated rings. The summed E-state index contributed by atoms with van der Waals surface area (Å²) in [7, 11) is 0. The summed E-state index contributed by atoms with van der Waals surface area (Å²) in [5.74, 6) is 1.38. The number of hydrogen-bond donors (Lipinski definition) is 0. The van der Waals surface area contributed by atoms with Gasteiger partial charge in [-0.15, -0.1) is 0 Å². The first-order valence-electron chi connectivity index (χ1n) is 6.32. The van der Waals surface area contributed by atoms with Crippen LogP contribution in [0.25, 0.3) is 10.8 Å². The van der Waals surface area contributed by atoms with E-state index in [0.717, 1.165) is 16.8 Å². The molecule has 1 heterocycles. The second-order valence-electron chi connectivity index (χ2n) is 4.55. The Morgan fingerprint density at radius 1 is 1.00 bits per heavy atom. The number of aromatic nitrogens is 2. The third-order valence-corrected chi connectivity index (χ3v) is 3.15. The van der Waals surface area contributed by atoms with Gasteiger partial charge in [0.15, 0.2) is 5.82 Å². The van der Waals surface area contributed by atoms with E-state index in [1.165, 1.54) is 5.39 Å². The minimum Gasteiger partial charge on any atom is -0.486 e. The first-order valence-corrected chi connectivity index (χ1v) is 6.70. The third kappa shape index (κ3) is 2.89. The molecule has 100 valence electrons. The lowest BCUT2D eigenvalue weighted by molar-refractivity contribution is 0.296. The standard InChI is InChI=1S/C16H13ClN2O/c1-11-8-15(17)19-16(18-11)10-20-14-7-6-12-4-2-3-5-13(12)9-14/h2-9H,10H2,1H3. The molecule has 0 bridgehead atoms. The van der Waals surface area contributed by atoms with Crippen LogP contribution in [0.1, 0.15) is 11.5 Å². The lowest BCUT2D eigenvalue weighted by Gasteiger charge is -2.07. The molecule has 0 N–H and O–H groups in total. The van der Waals surface area contributed by atoms with Crippen molar-refractivity contribution in [2.45, 2.75) is 13.5 Å². The van der Waals surface area contributed by atoms with Gasteiger partial charge in [0.2, 0.25) is 0 Å². The molecule has 3 aromatic rings. The van der Waals surface area contributed by atoms with Crippen molar-refractivity contribution in [1.29, 1.82) is 0 Å². The number of ether oxygens (including phenoxy) is 1. The monoisotopic (exact) mass is 284 g/mol. The van der Waals surface area contributed by atoms with Crippen LogP contribution in [0.5, 0.6) is 5.75 Å². The molecule has 20 heavy (non-hydrogen) atoms. The maximum atomic E-state index is 5.90. The third-order valence-electron chi connectivity index (χ3n) is 2.96. The summed E-state index contributed by atoms with van der Waals surface area (Å²) in [6.07, 6.45) is 0. The predicted molar refractivity (Wildman–Crippen MR) is 80.1 cm³/mol. The molecule has 0 aliphatic carbocycles. The molecule has 0 aliphatic rings. The van der Waals surface area contributed by atoms with Gasteiger partial charge in [0, 0.05) is 5.69 Å². The van der Waals surface area contributed by atoms with Gasteiger partial charge in [0.1, 0.15) is 17.5 Å². The normalized spacial score (nSPS) is 10.7. The highest BCUT2D eigenvalue weighted by Gasteiger charge is 2.03. The summed E-state index contributed by atoms with van der Waals surface area (Å²) >= 11 is 5.90. The second-order valence-corrected chi connectivity index (χ2v) is 4.93. The van der Waals surface area contributed by atoms with E-state index in [4.69, 9.17) is 16.3 Å². The second kappa shape index (κ2) is 5.47.